The zero-order chi connectivity index (χ0) is 14.0. The van der Waals surface area contributed by atoms with Crippen molar-refractivity contribution in [3.8, 4) is 0 Å². The minimum atomic E-state index is -4.45. The Hall–Kier alpha value is -1.37. The molecule has 0 bridgehead atoms. The van der Waals surface area contributed by atoms with Gasteiger partial charge in [-0.15, -0.1) is 0 Å². The number of alkyl halides is 3. The lowest BCUT2D eigenvalue weighted by molar-refractivity contribution is -0.141. The summed E-state index contributed by atoms with van der Waals surface area (Å²) >= 11 is 0. The fourth-order valence-corrected chi connectivity index (χ4v) is 2.51. The summed E-state index contributed by atoms with van der Waals surface area (Å²) in [6, 6.07) is 0.994. The zero-order valence-corrected chi connectivity index (χ0v) is 10.7. The predicted octanol–water partition coefficient (Wildman–Crippen LogP) is 2.20. The van der Waals surface area contributed by atoms with Crippen LogP contribution < -0.4 is 10.6 Å². The highest BCUT2D eigenvalue weighted by molar-refractivity contribution is 5.35. The van der Waals surface area contributed by atoms with Crippen LogP contribution in [0.4, 0.5) is 19.1 Å². The molecule has 1 aliphatic heterocycles. The standard InChI is InChI=1S/C12H17F3N4/c1-8-3-2-4-9(7-16)19(8)11-17-6-5-10(18-11)12(13,14)15/h5-6,8-9H,2-4,7,16H2,1H3. The number of aromatic nitrogens is 2. The molecule has 4 nitrogen and oxygen atoms in total. The minimum absolute atomic E-state index is 0.00670. The van der Waals surface area contributed by atoms with Crippen molar-refractivity contribution >= 4 is 5.95 Å². The zero-order valence-electron chi connectivity index (χ0n) is 10.7. The summed E-state index contributed by atoms with van der Waals surface area (Å²) in [7, 11) is 0. The van der Waals surface area contributed by atoms with E-state index in [1.165, 1.54) is 0 Å². The normalized spacial score (nSPS) is 24.6. The molecule has 2 atom stereocenters. The van der Waals surface area contributed by atoms with E-state index < -0.39 is 11.9 Å². The molecule has 2 rings (SSSR count). The molecule has 0 amide bonds. The van der Waals surface area contributed by atoms with Crippen LogP contribution in [0.25, 0.3) is 0 Å². The lowest BCUT2D eigenvalue weighted by Crippen LogP contribution is -2.50. The molecule has 1 aliphatic rings. The number of nitrogens with two attached hydrogens (primary N) is 1. The van der Waals surface area contributed by atoms with Gasteiger partial charge in [0.25, 0.3) is 0 Å². The molecule has 106 valence electrons. The first-order chi connectivity index (χ1) is 8.93. The number of piperidine rings is 1. The summed E-state index contributed by atoms with van der Waals surface area (Å²) < 4.78 is 38.0. The fourth-order valence-electron chi connectivity index (χ4n) is 2.51. The third kappa shape index (κ3) is 2.97. The van der Waals surface area contributed by atoms with Crippen LogP contribution >= 0.6 is 0 Å². The van der Waals surface area contributed by atoms with E-state index in [-0.39, 0.29) is 18.0 Å². The highest BCUT2D eigenvalue weighted by Gasteiger charge is 2.35. The average Bonchev–Trinajstić information content (AvgIpc) is 2.37. The first kappa shape index (κ1) is 14.0. The second-order valence-electron chi connectivity index (χ2n) is 4.82. The number of halogens is 3. The van der Waals surface area contributed by atoms with Gasteiger partial charge in [0, 0.05) is 24.8 Å². The van der Waals surface area contributed by atoms with Crippen LogP contribution in [0.5, 0.6) is 0 Å². The maximum atomic E-state index is 12.7. The first-order valence-corrected chi connectivity index (χ1v) is 6.32. The Labute approximate surface area is 109 Å². The maximum Gasteiger partial charge on any atom is 0.433 e. The van der Waals surface area contributed by atoms with Gasteiger partial charge < -0.3 is 10.6 Å². The van der Waals surface area contributed by atoms with Crippen molar-refractivity contribution in [2.45, 2.75) is 44.4 Å². The van der Waals surface area contributed by atoms with Gasteiger partial charge in [-0.05, 0) is 32.3 Å². The lowest BCUT2D eigenvalue weighted by Gasteiger charge is -2.40. The van der Waals surface area contributed by atoms with Crippen LogP contribution in [0.3, 0.4) is 0 Å². The average molecular weight is 274 g/mol. The third-order valence-corrected chi connectivity index (χ3v) is 3.46. The molecule has 2 N–H and O–H groups in total. The molecule has 1 fully saturated rings. The van der Waals surface area contributed by atoms with Gasteiger partial charge in [-0.3, -0.25) is 0 Å². The smallest absolute Gasteiger partial charge is 0.334 e. The molecular weight excluding hydrogens is 257 g/mol. The number of hydrogen-bond acceptors (Lipinski definition) is 4. The van der Waals surface area contributed by atoms with E-state index in [1.54, 1.807) is 0 Å². The second-order valence-corrected chi connectivity index (χ2v) is 4.82. The van der Waals surface area contributed by atoms with Gasteiger partial charge in [0.15, 0.2) is 0 Å². The summed E-state index contributed by atoms with van der Waals surface area (Å²) in [5.74, 6) is 0.123. The van der Waals surface area contributed by atoms with Crippen LogP contribution in [0.15, 0.2) is 12.3 Å². The number of hydrogen-bond donors (Lipinski definition) is 1. The van der Waals surface area contributed by atoms with Crippen molar-refractivity contribution < 1.29 is 13.2 Å². The topological polar surface area (TPSA) is 55.0 Å². The van der Waals surface area contributed by atoms with Crippen LogP contribution in [0.2, 0.25) is 0 Å². The highest BCUT2D eigenvalue weighted by Crippen LogP contribution is 2.31. The summed E-state index contributed by atoms with van der Waals surface area (Å²) in [5.41, 5.74) is 4.79. The summed E-state index contributed by atoms with van der Waals surface area (Å²) in [6.45, 7) is 2.36. The van der Waals surface area contributed by atoms with Gasteiger partial charge in [0.2, 0.25) is 5.95 Å². The van der Waals surface area contributed by atoms with Crippen LogP contribution in [-0.4, -0.2) is 28.6 Å². The molecule has 1 aromatic heterocycles. The Morgan fingerprint density at radius 1 is 1.42 bits per heavy atom. The molecule has 0 spiro atoms. The van der Waals surface area contributed by atoms with E-state index in [2.05, 4.69) is 9.97 Å². The molecule has 7 heteroatoms. The first-order valence-electron chi connectivity index (χ1n) is 6.32. The Bertz CT molecular complexity index is 435. The third-order valence-electron chi connectivity index (χ3n) is 3.46. The van der Waals surface area contributed by atoms with Crippen molar-refractivity contribution in [2.24, 2.45) is 5.73 Å². The highest BCUT2D eigenvalue weighted by atomic mass is 19.4. The predicted molar refractivity (Wildman–Crippen MR) is 65.7 cm³/mol. The van der Waals surface area contributed by atoms with Gasteiger partial charge in [-0.2, -0.15) is 13.2 Å². The van der Waals surface area contributed by atoms with Crippen molar-refractivity contribution in [1.82, 2.24) is 9.97 Å². The largest absolute Gasteiger partial charge is 0.433 e. The van der Waals surface area contributed by atoms with Crippen LogP contribution in [0, 0.1) is 0 Å². The Morgan fingerprint density at radius 2 is 2.16 bits per heavy atom. The monoisotopic (exact) mass is 274 g/mol. The molecule has 0 radical (unpaired) electrons. The van der Waals surface area contributed by atoms with E-state index in [0.29, 0.717) is 6.54 Å². The quantitative estimate of drug-likeness (QED) is 0.898. The molecule has 1 saturated heterocycles. The van der Waals surface area contributed by atoms with Crippen molar-refractivity contribution in [3.63, 3.8) is 0 Å². The van der Waals surface area contributed by atoms with E-state index in [0.717, 1.165) is 31.5 Å². The molecule has 0 aromatic carbocycles. The molecule has 0 saturated carbocycles. The van der Waals surface area contributed by atoms with Gasteiger partial charge in [-0.25, -0.2) is 9.97 Å². The maximum absolute atomic E-state index is 12.7. The van der Waals surface area contributed by atoms with E-state index >= 15 is 0 Å². The number of anilines is 1. The van der Waals surface area contributed by atoms with Crippen molar-refractivity contribution in [2.75, 3.05) is 11.4 Å². The summed E-state index contributed by atoms with van der Waals surface area (Å²) in [4.78, 5) is 9.45. The van der Waals surface area contributed by atoms with Gasteiger partial charge in [0.1, 0.15) is 5.69 Å². The van der Waals surface area contributed by atoms with Gasteiger partial charge in [0.05, 0.1) is 0 Å². The van der Waals surface area contributed by atoms with E-state index in [1.807, 2.05) is 11.8 Å². The molecule has 1 aromatic rings. The Morgan fingerprint density at radius 3 is 2.79 bits per heavy atom. The number of rotatable bonds is 2. The molecule has 19 heavy (non-hydrogen) atoms. The molecule has 2 unspecified atom stereocenters. The molecule has 0 aliphatic carbocycles. The van der Waals surface area contributed by atoms with Gasteiger partial charge >= 0.3 is 6.18 Å². The van der Waals surface area contributed by atoms with Gasteiger partial charge in [-0.1, -0.05) is 0 Å². The summed E-state index contributed by atoms with van der Waals surface area (Å²) in [5, 5.41) is 0. The molecule has 2 heterocycles. The number of nitrogens with zero attached hydrogens (tertiary/aromatic N) is 3. The second kappa shape index (κ2) is 5.32. The van der Waals surface area contributed by atoms with Crippen molar-refractivity contribution in [3.05, 3.63) is 18.0 Å². The SMILES string of the molecule is CC1CCCC(CN)N1c1nccc(C(F)(F)F)n1. The molecular formula is C12H17F3N4. The van der Waals surface area contributed by atoms with E-state index in [9.17, 15) is 13.2 Å². The van der Waals surface area contributed by atoms with Crippen LogP contribution in [0.1, 0.15) is 31.9 Å². The minimum Gasteiger partial charge on any atom is -0.334 e. The summed E-state index contributed by atoms with van der Waals surface area (Å²) in [6.07, 6.45) is -0.496. The Kier molecular flexibility index (Phi) is 3.93. The van der Waals surface area contributed by atoms with Crippen molar-refractivity contribution in [1.29, 1.82) is 0 Å². The lowest BCUT2D eigenvalue weighted by atomic mass is 9.97. The Balaban J connectivity index is 2.33. The van der Waals surface area contributed by atoms with Crippen LogP contribution in [-0.2, 0) is 6.18 Å². The fraction of sp³-hybridized carbons (Fsp3) is 0.667. The van der Waals surface area contributed by atoms with E-state index in [4.69, 9.17) is 5.73 Å².